The van der Waals surface area contributed by atoms with Crippen molar-refractivity contribution < 1.29 is 57.1 Å². The quantitative estimate of drug-likeness (QED) is 0.333. The van der Waals surface area contributed by atoms with Gasteiger partial charge in [0.2, 0.25) is 0 Å². The van der Waals surface area contributed by atoms with Crippen LogP contribution >= 0.6 is 0 Å². The van der Waals surface area contributed by atoms with Crippen molar-refractivity contribution >= 4 is 29.8 Å². The Hall–Kier alpha value is -3.51. The molecule has 0 N–H and O–H groups in total. The van der Waals surface area contributed by atoms with Gasteiger partial charge in [-0.2, -0.15) is 0 Å². The summed E-state index contributed by atoms with van der Waals surface area (Å²) in [6.07, 6.45) is -6.76. The summed E-state index contributed by atoms with van der Waals surface area (Å²) < 4.78 is 37.2. The summed E-state index contributed by atoms with van der Waals surface area (Å²) in [5.74, 6) is -3.71. The molecule has 5 atom stereocenters. The normalized spacial score (nSPS) is 23.5. The van der Waals surface area contributed by atoms with E-state index < -0.39 is 73.8 Å². The van der Waals surface area contributed by atoms with Gasteiger partial charge in [0.25, 0.3) is 0 Å². The lowest BCUT2D eigenvalue weighted by Crippen LogP contribution is -2.63. The first-order valence-electron chi connectivity index (χ1n) is 10.7. The molecule has 1 heterocycles. The molecule has 35 heavy (non-hydrogen) atoms. The Bertz CT molecular complexity index is 899. The second-order valence-electron chi connectivity index (χ2n) is 7.52. The van der Waals surface area contributed by atoms with Gasteiger partial charge in [-0.25, -0.2) is 4.79 Å². The molecule has 1 aromatic carbocycles. The van der Waals surface area contributed by atoms with Crippen molar-refractivity contribution in [1.82, 2.24) is 0 Å². The minimum absolute atomic E-state index is 0.00159. The van der Waals surface area contributed by atoms with Gasteiger partial charge >= 0.3 is 29.8 Å². The van der Waals surface area contributed by atoms with Crippen LogP contribution < -0.4 is 0 Å². The maximum atomic E-state index is 12.2. The van der Waals surface area contributed by atoms with Crippen LogP contribution in [0.15, 0.2) is 30.3 Å². The zero-order valence-corrected chi connectivity index (χ0v) is 19.8. The first-order valence-corrected chi connectivity index (χ1v) is 10.7. The summed E-state index contributed by atoms with van der Waals surface area (Å²) in [7, 11) is 0. The molecule has 1 saturated heterocycles. The van der Waals surface area contributed by atoms with Gasteiger partial charge in [0.05, 0.1) is 0 Å². The Morgan fingerprint density at radius 2 is 1.31 bits per heavy atom. The number of ether oxygens (including phenoxy) is 7. The second kappa shape index (κ2) is 13.4. The fourth-order valence-corrected chi connectivity index (χ4v) is 3.25. The highest BCUT2D eigenvalue weighted by molar-refractivity contribution is 5.71. The van der Waals surface area contributed by atoms with E-state index in [1.807, 2.05) is 6.07 Å². The Balaban J connectivity index is 2.21. The summed E-state index contributed by atoms with van der Waals surface area (Å²) in [6, 6.07) is 8.94. The molecule has 1 aliphatic rings. The Morgan fingerprint density at radius 3 is 1.89 bits per heavy atom. The summed E-state index contributed by atoms with van der Waals surface area (Å²) in [5, 5.41) is 0. The zero-order chi connectivity index (χ0) is 26.0. The van der Waals surface area contributed by atoms with Crippen molar-refractivity contribution in [3.63, 3.8) is 0 Å². The molecule has 2 rings (SSSR count). The standard InChI is InChI=1S/C23H28O12/c1-13(24)29-11-18-20(32-14(2)25)21(33-15(3)26)22(34-16(4)27)23(35-18)31-12-19(28)30-10-17-8-6-5-7-9-17/h5-9,18,20-23H,10-12H2,1-4H3/t18-,20+,21+,22-,23-/m1/s1. The lowest BCUT2D eigenvalue weighted by molar-refractivity contribution is -0.307. The molecule has 192 valence electrons. The van der Waals surface area contributed by atoms with Crippen LogP contribution in [0.4, 0.5) is 0 Å². The number of carbonyl (C=O) groups is 5. The minimum atomic E-state index is -1.46. The van der Waals surface area contributed by atoms with E-state index in [-0.39, 0.29) is 6.61 Å². The number of rotatable bonds is 10. The molecule has 0 radical (unpaired) electrons. The third-order valence-corrected chi connectivity index (χ3v) is 4.56. The smallest absolute Gasteiger partial charge is 0.332 e. The number of esters is 5. The van der Waals surface area contributed by atoms with E-state index >= 15 is 0 Å². The number of hydrogen-bond donors (Lipinski definition) is 0. The highest BCUT2D eigenvalue weighted by atomic mass is 16.7. The lowest BCUT2D eigenvalue weighted by Gasteiger charge is -2.43. The third kappa shape index (κ3) is 9.33. The SMILES string of the molecule is CC(=O)OC[C@H]1O[C@@H](OCC(=O)OCc2ccccc2)[C@H](OC(C)=O)[C@@H](OC(C)=O)[C@H]1OC(C)=O. The van der Waals surface area contributed by atoms with E-state index in [0.29, 0.717) is 0 Å². The molecule has 0 unspecified atom stereocenters. The number of hydrogen-bond acceptors (Lipinski definition) is 12. The fourth-order valence-electron chi connectivity index (χ4n) is 3.25. The van der Waals surface area contributed by atoms with Crippen LogP contribution in [0.1, 0.15) is 33.3 Å². The molecule has 1 aliphatic heterocycles. The van der Waals surface area contributed by atoms with Gasteiger partial charge in [0.1, 0.15) is 25.9 Å². The van der Waals surface area contributed by atoms with Gasteiger partial charge < -0.3 is 33.2 Å². The van der Waals surface area contributed by atoms with E-state index in [9.17, 15) is 24.0 Å². The molecular weight excluding hydrogens is 468 g/mol. The predicted octanol–water partition coefficient (Wildman–Crippen LogP) is 0.829. The van der Waals surface area contributed by atoms with Gasteiger partial charge in [0.15, 0.2) is 24.6 Å². The zero-order valence-electron chi connectivity index (χ0n) is 19.8. The van der Waals surface area contributed by atoms with E-state index in [4.69, 9.17) is 33.2 Å². The Labute approximate surface area is 201 Å². The Morgan fingerprint density at radius 1 is 0.743 bits per heavy atom. The summed E-state index contributed by atoms with van der Waals surface area (Å²) in [6.45, 7) is 3.45. The molecule has 1 fully saturated rings. The van der Waals surface area contributed by atoms with Crippen molar-refractivity contribution in [2.45, 2.75) is 65.0 Å². The summed E-state index contributed by atoms with van der Waals surface area (Å²) in [4.78, 5) is 58.8. The van der Waals surface area contributed by atoms with Crippen LogP contribution in [0.5, 0.6) is 0 Å². The average molecular weight is 496 g/mol. The monoisotopic (exact) mass is 496 g/mol. The maximum absolute atomic E-state index is 12.2. The molecule has 12 nitrogen and oxygen atoms in total. The van der Waals surface area contributed by atoms with Crippen LogP contribution in [0.3, 0.4) is 0 Å². The van der Waals surface area contributed by atoms with E-state index in [1.54, 1.807) is 24.3 Å². The van der Waals surface area contributed by atoms with Crippen molar-refractivity contribution in [3.05, 3.63) is 35.9 Å². The van der Waals surface area contributed by atoms with Crippen LogP contribution in [0, 0.1) is 0 Å². The summed E-state index contributed by atoms with van der Waals surface area (Å²) in [5.41, 5.74) is 0.758. The van der Waals surface area contributed by atoms with Crippen LogP contribution in [0.2, 0.25) is 0 Å². The first kappa shape index (κ1) is 27.7. The molecule has 0 aliphatic carbocycles. The molecule has 1 aromatic rings. The first-order chi connectivity index (χ1) is 16.6. The topological polar surface area (TPSA) is 150 Å². The highest BCUT2D eigenvalue weighted by Crippen LogP contribution is 2.30. The van der Waals surface area contributed by atoms with Crippen molar-refractivity contribution in [2.75, 3.05) is 13.2 Å². The fraction of sp³-hybridized carbons (Fsp3) is 0.522. The minimum Gasteiger partial charge on any atom is -0.463 e. The highest BCUT2D eigenvalue weighted by Gasteiger charge is 2.52. The number of benzene rings is 1. The van der Waals surface area contributed by atoms with E-state index in [2.05, 4.69) is 0 Å². The third-order valence-electron chi connectivity index (χ3n) is 4.56. The lowest BCUT2D eigenvalue weighted by atomic mass is 9.98. The van der Waals surface area contributed by atoms with Gasteiger partial charge in [-0.1, -0.05) is 30.3 Å². The molecule has 0 amide bonds. The molecule has 0 spiro atoms. The number of carbonyl (C=O) groups excluding carboxylic acids is 5. The second-order valence-corrected chi connectivity index (χ2v) is 7.52. The van der Waals surface area contributed by atoms with Crippen LogP contribution in [0.25, 0.3) is 0 Å². The van der Waals surface area contributed by atoms with Gasteiger partial charge in [0, 0.05) is 27.7 Å². The molecule has 0 bridgehead atoms. The van der Waals surface area contributed by atoms with Crippen molar-refractivity contribution in [2.24, 2.45) is 0 Å². The molecule has 0 aromatic heterocycles. The van der Waals surface area contributed by atoms with Gasteiger partial charge in [-0.15, -0.1) is 0 Å². The molecule has 0 saturated carbocycles. The Kier molecular flexibility index (Phi) is 10.6. The van der Waals surface area contributed by atoms with Crippen molar-refractivity contribution in [1.29, 1.82) is 0 Å². The van der Waals surface area contributed by atoms with E-state index in [1.165, 1.54) is 0 Å². The average Bonchev–Trinajstić information content (AvgIpc) is 2.78. The molecular formula is C23H28O12. The van der Waals surface area contributed by atoms with Crippen LogP contribution in [-0.4, -0.2) is 73.8 Å². The predicted molar refractivity (Wildman–Crippen MR) is 114 cm³/mol. The molecule has 12 heteroatoms. The van der Waals surface area contributed by atoms with Crippen LogP contribution in [-0.2, 0) is 63.7 Å². The summed E-state index contributed by atoms with van der Waals surface area (Å²) >= 11 is 0. The maximum Gasteiger partial charge on any atom is 0.332 e. The van der Waals surface area contributed by atoms with Crippen molar-refractivity contribution in [3.8, 4) is 0 Å². The largest absolute Gasteiger partial charge is 0.463 e. The van der Waals surface area contributed by atoms with Gasteiger partial charge in [-0.3, -0.25) is 19.2 Å². The van der Waals surface area contributed by atoms with E-state index in [0.717, 1.165) is 33.3 Å². The van der Waals surface area contributed by atoms with Gasteiger partial charge in [-0.05, 0) is 5.56 Å².